The molecule has 0 radical (unpaired) electrons. The van der Waals surface area contributed by atoms with Crippen LogP contribution in [0, 0.1) is 23.7 Å². The lowest BCUT2D eigenvalue weighted by Gasteiger charge is -2.41. The SMILES string of the molecule is Cc1cc2c(OC(CC(O)C(C)(C)C)C(C)(C)C)c(c1)C1C=C(CC(C)C)c3cc(-c4ccccc4)ccc3N1C(C)C2. The predicted octanol–water partition coefficient (Wildman–Crippen LogP) is 10.2. The van der Waals surface area contributed by atoms with Crippen molar-refractivity contribution in [1.82, 2.24) is 0 Å². The van der Waals surface area contributed by atoms with Gasteiger partial charge in [0, 0.05) is 29.3 Å². The third kappa shape index (κ3) is 6.58. The van der Waals surface area contributed by atoms with Crippen LogP contribution < -0.4 is 9.64 Å². The van der Waals surface area contributed by atoms with Gasteiger partial charge in [-0.3, -0.25) is 0 Å². The number of rotatable bonds is 7. The van der Waals surface area contributed by atoms with Crippen LogP contribution >= 0.6 is 0 Å². The topological polar surface area (TPSA) is 32.7 Å². The molecule has 3 nitrogen and oxygen atoms in total. The minimum absolute atomic E-state index is 0.0862. The maximum atomic E-state index is 11.2. The van der Waals surface area contributed by atoms with E-state index in [-0.39, 0.29) is 29.0 Å². The Bertz CT molecular complexity index is 1470. The number of allylic oxidation sites excluding steroid dienone is 1. The maximum absolute atomic E-state index is 11.2. The number of benzene rings is 3. The summed E-state index contributed by atoms with van der Waals surface area (Å²) in [5.41, 5.74) is 10.1. The zero-order chi connectivity index (χ0) is 31.3. The van der Waals surface area contributed by atoms with Crippen molar-refractivity contribution in [3.8, 4) is 16.9 Å². The van der Waals surface area contributed by atoms with E-state index in [4.69, 9.17) is 4.74 Å². The molecule has 0 aromatic heterocycles. The van der Waals surface area contributed by atoms with Crippen molar-refractivity contribution >= 4 is 11.3 Å². The molecule has 0 spiro atoms. The molecule has 0 saturated carbocycles. The van der Waals surface area contributed by atoms with E-state index in [1.54, 1.807) is 0 Å². The first-order valence-electron chi connectivity index (χ1n) is 16.3. The van der Waals surface area contributed by atoms with Crippen molar-refractivity contribution < 1.29 is 9.84 Å². The van der Waals surface area contributed by atoms with Crippen molar-refractivity contribution in [3.05, 3.63) is 89.0 Å². The number of hydrogen-bond acceptors (Lipinski definition) is 3. The zero-order valence-corrected chi connectivity index (χ0v) is 28.2. The molecule has 2 aliphatic heterocycles. The normalized spacial score (nSPS) is 19.7. The van der Waals surface area contributed by atoms with Crippen LogP contribution in [0.3, 0.4) is 0 Å². The number of fused-ring (bicyclic) bond motifs is 6. The first kappa shape index (κ1) is 31.4. The molecule has 0 aliphatic carbocycles. The van der Waals surface area contributed by atoms with Crippen molar-refractivity contribution in [1.29, 1.82) is 0 Å². The third-order valence-corrected chi connectivity index (χ3v) is 9.33. The number of aliphatic hydroxyl groups excluding tert-OH is 1. The van der Waals surface area contributed by atoms with Crippen LogP contribution in [0.15, 0.2) is 66.7 Å². The molecule has 4 atom stereocenters. The number of anilines is 1. The lowest BCUT2D eigenvalue weighted by atomic mass is 9.79. The van der Waals surface area contributed by atoms with Crippen molar-refractivity contribution in [2.75, 3.05) is 4.90 Å². The second-order valence-electron chi connectivity index (χ2n) is 15.7. The summed E-state index contributed by atoms with van der Waals surface area (Å²) < 4.78 is 7.15. The highest BCUT2D eigenvalue weighted by Crippen LogP contribution is 2.50. The van der Waals surface area contributed by atoms with E-state index in [0.29, 0.717) is 12.3 Å². The molecular weight excluding hydrogens is 526 g/mol. The lowest BCUT2D eigenvalue weighted by molar-refractivity contribution is -0.0129. The van der Waals surface area contributed by atoms with Crippen LogP contribution in [-0.4, -0.2) is 23.4 Å². The number of nitrogens with zero attached hydrogens (tertiary/aromatic N) is 1. The Kier molecular flexibility index (Phi) is 8.62. The fourth-order valence-electron chi connectivity index (χ4n) is 6.80. The van der Waals surface area contributed by atoms with E-state index >= 15 is 0 Å². The van der Waals surface area contributed by atoms with Gasteiger partial charge in [0.05, 0.1) is 12.1 Å². The molecule has 1 N–H and O–H groups in total. The first-order valence-corrected chi connectivity index (χ1v) is 16.3. The van der Waals surface area contributed by atoms with Gasteiger partial charge in [0.15, 0.2) is 0 Å². The Morgan fingerprint density at radius 3 is 2.23 bits per heavy atom. The van der Waals surface area contributed by atoms with E-state index in [2.05, 4.69) is 141 Å². The molecule has 3 heteroatoms. The Hall–Kier alpha value is -3.04. The molecule has 2 bridgehead atoms. The van der Waals surface area contributed by atoms with Gasteiger partial charge in [0.2, 0.25) is 0 Å². The van der Waals surface area contributed by atoms with E-state index in [0.717, 1.165) is 18.6 Å². The number of hydrogen-bond donors (Lipinski definition) is 1. The molecule has 0 saturated heterocycles. The zero-order valence-electron chi connectivity index (χ0n) is 28.2. The second kappa shape index (κ2) is 11.8. The molecular formula is C40H53NO2. The predicted molar refractivity (Wildman–Crippen MR) is 183 cm³/mol. The van der Waals surface area contributed by atoms with Crippen LogP contribution in [0.4, 0.5) is 5.69 Å². The van der Waals surface area contributed by atoms with Crippen LogP contribution in [0.1, 0.15) is 103 Å². The minimum atomic E-state index is -0.451. The highest BCUT2D eigenvalue weighted by Gasteiger charge is 2.39. The van der Waals surface area contributed by atoms with E-state index in [1.165, 1.54) is 44.6 Å². The summed E-state index contributed by atoms with van der Waals surface area (Å²) >= 11 is 0. The third-order valence-electron chi connectivity index (χ3n) is 9.33. The molecule has 2 aliphatic rings. The summed E-state index contributed by atoms with van der Waals surface area (Å²) in [6.45, 7) is 22.2. The number of aliphatic hydroxyl groups is 1. The lowest BCUT2D eigenvalue weighted by Crippen LogP contribution is -2.40. The summed E-state index contributed by atoms with van der Waals surface area (Å²) in [6, 6.07) is 22.8. The maximum Gasteiger partial charge on any atom is 0.128 e. The fourth-order valence-corrected chi connectivity index (χ4v) is 6.80. The van der Waals surface area contributed by atoms with Crippen molar-refractivity contribution in [2.24, 2.45) is 16.7 Å². The number of aryl methyl sites for hydroxylation is 1. The van der Waals surface area contributed by atoms with Crippen molar-refractivity contribution in [3.63, 3.8) is 0 Å². The average molecular weight is 580 g/mol. The highest BCUT2D eigenvalue weighted by molar-refractivity contribution is 5.86. The Morgan fingerprint density at radius 1 is 0.907 bits per heavy atom. The van der Waals surface area contributed by atoms with E-state index in [9.17, 15) is 5.11 Å². The Balaban J connectivity index is 1.64. The molecule has 3 aromatic rings. The minimum Gasteiger partial charge on any atom is -0.489 e. The van der Waals surface area contributed by atoms with E-state index in [1.807, 2.05) is 0 Å². The molecule has 5 rings (SSSR count). The van der Waals surface area contributed by atoms with Crippen LogP contribution in [0.5, 0.6) is 5.75 Å². The van der Waals surface area contributed by atoms with Crippen LogP contribution in [0.25, 0.3) is 16.7 Å². The smallest absolute Gasteiger partial charge is 0.128 e. The molecule has 230 valence electrons. The first-order chi connectivity index (χ1) is 20.1. The van der Waals surface area contributed by atoms with E-state index < -0.39 is 6.10 Å². The van der Waals surface area contributed by atoms with Gasteiger partial charge in [-0.05, 0) is 83.9 Å². The van der Waals surface area contributed by atoms with Gasteiger partial charge in [-0.1, -0.05) is 109 Å². The monoisotopic (exact) mass is 579 g/mol. The standard InChI is InChI=1S/C40H53NO2/c1-25(2)18-30-23-35-33-20-26(3)19-31(38(33)43-37(40(8,9)10)24-36(42)39(5,6)7)21-27(4)41(35)34-17-16-29(22-32(30)34)28-14-12-11-13-15-28/h11-17,19-20,22-23,25,27,35-37,42H,18,21,24H2,1-10H3. The summed E-state index contributed by atoms with van der Waals surface area (Å²) in [5.74, 6) is 1.57. The van der Waals surface area contributed by atoms with Gasteiger partial charge in [-0.2, -0.15) is 0 Å². The van der Waals surface area contributed by atoms with Gasteiger partial charge < -0.3 is 14.7 Å². The number of ether oxygens (including phenoxy) is 1. The van der Waals surface area contributed by atoms with Gasteiger partial charge in [0.25, 0.3) is 0 Å². The summed E-state index contributed by atoms with van der Waals surface area (Å²) in [6.07, 6.45) is 4.50. The highest BCUT2D eigenvalue weighted by atomic mass is 16.5. The summed E-state index contributed by atoms with van der Waals surface area (Å²) in [7, 11) is 0. The fraction of sp³-hybridized carbons (Fsp3) is 0.500. The molecule has 4 unspecified atom stereocenters. The Labute approximate surface area is 261 Å². The molecule has 0 amide bonds. The largest absolute Gasteiger partial charge is 0.489 e. The average Bonchev–Trinajstić information content (AvgIpc) is 2.97. The van der Waals surface area contributed by atoms with Crippen LogP contribution in [-0.2, 0) is 6.42 Å². The molecule has 3 aromatic carbocycles. The van der Waals surface area contributed by atoms with Gasteiger partial charge in [-0.15, -0.1) is 0 Å². The molecule has 43 heavy (non-hydrogen) atoms. The summed E-state index contributed by atoms with van der Waals surface area (Å²) in [5, 5.41) is 11.2. The van der Waals surface area contributed by atoms with Gasteiger partial charge >= 0.3 is 0 Å². The summed E-state index contributed by atoms with van der Waals surface area (Å²) in [4.78, 5) is 2.64. The van der Waals surface area contributed by atoms with Gasteiger partial charge in [0.1, 0.15) is 11.9 Å². The van der Waals surface area contributed by atoms with Gasteiger partial charge in [-0.25, -0.2) is 0 Å². The molecule has 2 heterocycles. The second-order valence-corrected chi connectivity index (χ2v) is 15.7. The molecule has 0 fully saturated rings. The Morgan fingerprint density at radius 2 is 1.60 bits per heavy atom. The quantitative estimate of drug-likeness (QED) is 0.302. The van der Waals surface area contributed by atoms with Crippen molar-refractivity contribution in [2.45, 2.75) is 113 Å². The van der Waals surface area contributed by atoms with Crippen LogP contribution in [0.2, 0.25) is 0 Å².